The molecule has 1 fully saturated rings. The summed E-state index contributed by atoms with van der Waals surface area (Å²) in [5.74, 6) is 0.479. The van der Waals surface area contributed by atoms with Crippen molar-refractivity contribution in [1.29, 1.82) is 0 Å². The van der Waals surface area contributed by atoms with Gasteiger partial charge in [0.1, 0.15) is 5.82 Å². The largest absolute Gasteiger partial charge is 0.377 e. The van der Waals surface area contributed by atoms with Crippen molar-refractivity contribution in [3.8, 4) is 0 Å². The highest BCUT2D eigenvalue weighted by Crippen LogP contribution is 2.16. The van der Waals surface area contributed by atoms with Crippen LogP contribution in [0.25, 0.3) is 0 Å². The third-order valence-corrected chi connectivity index (χ3v) is 4.08. The molecule has 6 nitrogen and oxygen atoms in total. The van der Waals surface area contributed by atoms with E-state index in [2.05, 4.69) is 15.2 Å². The lowest BCUT2D eigenvalue weighted by Crippen LogP contribution is -2.28. The smallest absolute Gasteiger partial charge is 0.266 e. The molecule has 90 valence electrons. The molecule has 2 heterocycles. The van der Waals surface area contributed by atoms with Crippen molar-refractivity contribution in [2.45, 2.75) is 37.4 Å². The zero-order chi connectivity index (χ0) is 11.6. The van der Waals surface area contributed by atoms with Crippen LogP contribution in [0, 0.1) is 6.92 Å². The molecule has 2 rings (SSSR count). The minimum absolute atomic E-state index is 0.0235. The first-order valence-corrected chi connectivity index (χ1v) is 6.96. The predicted molar refractivity (Wildman–Crippen MR) is 56.8 cm³/mol. The third-order valence-electron chi connectivity index (χ3n) is 2.53. The Bertz CT molecular complexity index is 448. The molecule has 7 heteroatoms. The Hall–Kier alpha value is -0.950. The van der Waals surface area contributed by atoms with Gasteiger partial charge in [0.15, 0.2) is 0 Å². The van der Waals surface area contributed by atoms with Crippen LogP contribution in [0.4, 0.5) is 0 Å². The van der Waals surface area contributed by atoms with Crippen molar-refractivity contribution >= 4 is 9.84 Å². The van der Waals surface area contributed by atoms with Gasteiger partial charge in [-0.25, -0.2) is 13.4 Å². The van der Waals surface area contributed by atoms with Gasteiger partial charge in [0.05, 0.1) is 11.9 Å². The lowest BCUT2D eigenvalue weighted by molar-refractivity contribution is 0.0304. The van der Waals surface area contributed by atoms with Crippen LogP contribution in [-0.4, -0.2) is 42.1 Å². The molecular weight excluding hydrogens is 230 g/mol. The lowest BCUT2D eigenvalue weighted by Gasteiger charge is -2.21. The summed E-state index contributed by atoms with van der Waals surface area (Å²) in [6.07, 6.45) is 2.61. The lowest BCUT2D eigenvalue weighted by atomic mass is 10.1. The number of nitrogens with zero attached hydrogens (tertiary/aromatic N) is 2. The van der Waals surface area contributed by atoms with Gasteiger partial charge >= 0.3 is 0 Å². The number of ether oxygens (including phenoxy) is 1. The number of hydrogen-bond donors (Lipinski definition) is 1. The molecule has 1 aromatic rings. The molecule has 16 heavy (non-hydrogen) atoms. The maximum Gasteiger partial charge on any atom is 0.266 e. The average molecular weight is 245 g/mol. The molecule has 1 N–H and O–H groups in total. The van der Waals surface area contributed by atoms with Crippen LogP contribution in [0.5, 0.6) is 0 Å². The van der Waals surface area contributed by atoms with Gasteiger partial charge < -0.3 is 4.74 Å². The van der Waals surface area contributed by atoms with Gasteiger partial charge in [-0.1, -0.05) is 0 Å². The van der Waals surface area contributed by atoms with E-state index in [-0.39, 0.29) is 17.0 Å². The molecular formula is C9H15N3O3S. The highest BCUT2D eigenvalue weighted by Gasteiger charge is 2.26. The van der Waals surface area contributed by atoms with Gasteiger partial charge in [-0.3, -0.25) is 5.10 Å². The number of aryl methyl sites for hydroxylation is 1. The van der Waals surface area contributed by atoms with Crippen molar-refractivity contribution < 1.29 is 13.2 Å². The fraction of sp³-hybridized carbons (Fsp3) is 0.778. The van der Waals surface area contributed by atoms with Gasteiger partial charge in [-0.2, -0.15) is 0 Å². The van der Waals surface area contributed by atoms with E-state index in [1.165, 1.54) is 0 Å². The van der Waals surface area contributed by atoms with Crippen LogP contribution >= 0.6 is 0 Å². The van der Waals surface area contributed by atoms with Gasteiger partial charge in [-0.05, 0) is 26.2 Å². The summed E-state index contributed by atoms with van der Waals surface area (Å²) >= 11 is 0. The number of aromatic nitrogens is 3. The number of sulfone groups is 1. The normalized spacial score (nSPS) is 22.2. The third kappa shape index (κ3) is 2.59. The molecule has 0 spiro atoms. The highest BCUT2D eigenvalue weighted by atomic mass is 32.2. The van der Waals surface area contributed by atoms with Crippen molar-refractivity contribution in [3.63, 3.8) is 0 Å². The Morgan fingerprint density at radius 1 is 1.50 bits per heavy atom. The first-order valence-electron chi connectivity index (χ1n) is 5.31. The zero-order valence-electron chi connectivity index (χ0n) is 9.14. The maximum absolute atomic E-state index is 11.9. The summed E-state index contributed by atoms with van der Waals surface area (Å²) in [6.45, 7) is 2.32. The Balaban J connectivity index is 2.07. The van der Waals surface area contributed by atoms with Crippen molar-refractivity contribution in [2.24, 2.45) is 0 Å². The van der Waals surface area contributed by atoms with Crippen LogP contribution in [0.2, 0.25) is 0 Å². The molecule has 0 bridgehead atoms. The van der Waals surface area contributed by atoms with E-state index in [9.17, 15) is 8.42 Å². The number of rotatable bonds is 3. The molecule has 1 aromatic heterocycles. The monoisotopic (exact) mass is 245 g/mol. The first-order chi connectivity index (χ1) is 7.58. The molecule has 1 saturated heterocycles. The number of nitrogens with one attached hydrogen (secondary N) is 1. The molecule has 0 radical (unpaired) electrons. The highest BCUT2D eigenvalue weighted by molar-refractivity contribution is 7.91. The van der Waals surface area contributed by atoms with Gasteiger partial charge in [0.2, 0.25) is 9.84 Å². The fourth-order valence-corrected chi connectivity index (χ4v) is 3.08. The molecule has 1 atom stereocenters. The second-order valence-corrected chi connectivity index (χ2v) is 5.90. The molecule has 0 aliphatic carbocycles. The van der Waals surface area contributed by atoms with E-state index < -0.39 is 9.84 Å². The maximum atomic E-state index is 11.9. The Kier molecular flexibility index (Phi) is 3.25. The SMILES string of the molecule is Cc1nc(S(=O)(=O)C[C@H]2CCCCO2)n[nH]1. The van der Waals surface area contributed by atoms with E-state index in [0.717, 1.165) is 19.3 Å². The summed E-state index contributed by atoms with van der Waals surface area (Å²) in [4.78, 5) is 3.84. The molecule has 0 unspecified atom stereocenters. The standard InChI is InChI=1S/C9H15N3O3S/c1-7-10-9(12-11-7)16(13,14)6-8-4-2-3-5-15-8/h8H,2-6H2,1H3,(H,10,11,12)/t8-/m1/s1. The Morgan fingerprint density at radius 2 is 2.31 bits per heavy atom. The van der Waals surface area contributed by atoms with Gasteiger partial charge in [0.25, 0.3) is 5.16 Å². The van der Waals surface area contributed by atoms with Crippen LogP contribution in [-0.2, 0) is 14.6 Å². The van der Waals surface area contributed by atoms with Crippen LogP contribution in [0.1, 0.15) is 25.1 Å². The van der Waals surface area contributed by atoms with Crippen molar-refractivity contribution in [1.82, 2.24) is 15.2 Å². The fourth-order valence-electron chi connectivity index (χ4n) is 1.72. The predicted octanol–water partition coefficient (Wildman–Crippen LogP) is 0.456. The molecule has 0 amide bonds. The van der Waals surface area contributed by atoms with E-state index in [4.69, 9.17) is 4.74 Å². The summed E-state index contributed by atoms with van der Waals surface area (Å²) in [5, 5.41) is 6.08. The number of aromatic amines is 1. The minimum Gasteiger partial charge on any atom is -0.377 e. The molecule has 1 aliphatic heterocycles. The quantitative estimate of drug-likeness (QED) is 0.836. The van der Waals surface area contributed by atoms with E-state index in [0.29, 0.717) is 12.4 Å². The summed E-state index contributed by atoms with van der Waals surface area (Å²) < 4.78 is 29.2. The molecule has 1 aliphatic rings. The van der Waals surface area contributed by atoms with E-state index in [1.54, 1.807) is 6.92 Å². The van der Waals surface area contributed by atoms with Crippen molar-refractivity contribution in [2.75, 3.05) is 12.4 Å². The van der Waals surface area contributed by atoms with E-state index in [1.807, 2.05) is 0 Å². The van der Waals surface area contributed by atoms with E-state index >= 15 is 0 Å². The van der Waals surface area contributed by atoms with Crippen LogP contribution in [0.3, 0.4) is 0 Å². The van der Waals surface area contributed by atoms with Crippen LogP contribution < -0.4 is 0 Å². The second-order valence-electron chi connectivity index (χ2n) is 3.97. The van der Waals surface area contributed by atoms with Gasteiger partial charge in [-0.15, -0.1) is 5.10 Å². The number of H-pyrrole nitrogens is 1. The Labute approximate surface area is 94.3 Å². The van der Waals surface area contributed by atoms with Gasteiger partial charge in [0, 0.05) is 6.61 Å². The molecule has 0 aromatic carbocycles. The molecule has 0 saturated carbocycles. The topological polar surface area (TPSA) is 84.9 Å². The average Bonchev–Trinajstić information content (AvgIpc) is 2.66. The summed E-state index contributed by atoms with van der Waals surface area (Å²) in [7, 11) is -3.42. The zero-order valence-corrected chi connectivity index (χ0v) is 9.96. The van der Waals surface area contributed by atoms with Crippen molar-refractivity contribution in [3.05, 3.63) is 5.82 Å². The van der Waals surface area contributed by atoms with Crippen LogP contribution in [0.15, 0.2) is 5.16 Å². The summed E-state index contributed by atoms with van der Waals surface area (Å²) in [5.41, 5.74) is 0. The second kappa shape index (κ2) is 4.50. The number of hydrogen-bond acceptors (Lipinski definition) is 5. The summed E-state index contributed by atoms with van der Waals surface area (Å²) in [6, 6.07) is 0. The Morgan fingerprint density at radius 3 is 2.88 bits per heavy atom. The minimum atomic E-state index is -3.42. The first kappa shape index (κ1) is 11.5.